The van der Waals surface area contributed by atoms with Gasteiger partial charge in [-0.2, -0.15) is 0 Å². The number of aliphatic carboxylic acids is 1. The molecule has 1 N–H and O–H groups in total. The van der Waals surface area contributed by atoms with Crippen molar-refractivity contribution in [2.24, 2.45) is 0 Å². The monoisotopic (exact) mass is 571 g/mol. The number of carboxylic acid groups (broad SMARTS) is 1. The fraction of sp³-hybridized carbons (Fsp3) is 0.250. The van der Waals surface area contributed by atoms with Gasteiger partial charge in [0, 0.05) is 28.2 Å². The zero-order chi connectivity index (χ0) is 27.4. The van der Waals surface area contributed by atoms with E-state index < -0.39 is 11.5 Å². The second-order valence-corrected chi connectivity index (χ2v) is 10.9. The SMILES string of the molecule is Cc1cn(C(=O)c2c(-c3c(Cl)cc(Cl)cc3Cl)noc2C2(N(C)C)CCC2)c2cccc(/C=C/C(=O)O)c12. The first-order valence-electron chi connectivity index (χ1n) is 11.9. The molecule has 2 aromatic carbocycles. The Labute approximate surface area is 234 Å². The Morgan fingerprint density at radius 3 is 2.42 bits per heavy atom. The van der Waals surface area contributed by atoms with Gasteiger partial charge in [-0.15, -0.1) is 0 Å². The normalized spacial score (nSPS) is 14.9. The number of aryl methyl sites for hydroxylation is 1. The molecule has 0 bridgehead atoms. The topological polar surface area (TPSA) is 88.6 Å². The number of hydrogen-bond donors (Lipinski definition) is 1. The maximum atomic E-state index is 14.4. The summed E-state index contributed by atoms with van der Waals surface area (Å²) in [7, 11) is 3.91. The summed E-state index contributed by atoms with van der Waals surface area (Å²) in [6, 6.07) is 8.51. The Hall–Kier alpha value is -3.10. The molecule has 1 fully saturated rings. The van der Waals surface area contributed by atoms with E-state index in [2.05, 4.69) is 10.1 Å². The zero-order valence-corrected chi connectivity index (χ0v) is 23.2. The third-order valence-electron chi connectivity index (χ3n) is 7.28. The van der Waals surface area contributed by atoms with Crippen molar-refractivity contribution in [2.45, 2.75) is 31.7 Å². The smallest absolute Gasteiger partial charge is 0.328 e. The van der Waals surface area contributed by atoms with E-state index in [1.807, 2.05) is 33.2 Å². The van der Waals surface area contributed by atoms with E-state index in [0.717, 1.165) is 36.3 Å². The maximum Gasteiger partial charge on any atom is 0.328 e. The first-order valence-corrected chi connectivity index (χ1v) is 13.1. The van der Waals surface area contributed by atoms with Gasteiger partial charge in [0.15, 0.2) is 5.76 Å². The van der Waals surface area contributed by atoms with Gasteiger partial charge >= 0.3 is 5.97 Å². The maximum absolute atomic E-state index is 14.4. The molecule has 2 heterocycles. The Kier molecular flexibility index (Phi) is 6.90. The van der Waals surface area contributed by atoms with E-state index in [4.69, 9.17) is 44.4 Å². The molecule has 38 heavy (non-hydrogen) atoms. The molecule has 0 radical (unpaired) electrons. The lowest BCUT2D eigenvalue weighted by Crippen LogP contribution is -2.47. The van der Waals surface area contributed by atoms with Crippen molar-refractivity contribution >= 4 is 63.7 Å². The van der Waals surface area contributed by atoms with Gasteiger partial charge in [-0.25, -0.2) is 4.79 Å². The molecule has 2 aromatic heterocycles. The number of nitrogens with zero attached hydrogens (tertiary/aromatic N) is 3. The number of aromatic nitrogens is 2. The van der Waals surface area contributed by atoms with Crippen molar-refractivity contribution in [1.29, 1.82) is 0 Å². The molecule has 0 unspecified atom stereocenters. The van der Waals surface area contributed by atoms with Crippen molar-refractivity contribution in [3.05, 3.63) is 80.1 Å². The van der Waals surface area contributed by atoms with Crippen LogP contribution >= 0.6 is 34.8 Å². The number of hydrogen-bond acceptors (Lipinski definition) is 5. The molecule has 10 heteroatoms. The first kappa shape index (κ1) is 26.5. The van der Waals surface area contributed by atoms with Gasteiger partial charge in [-0.1, -0.05) is 52.1 Å². The molecule has 4 aromatic rings. The van der Waals surface area contributed by atoms with E-state index in [1.165, 1.54) is 6.08 Å². The van der Waals surface area contributed by atoms with Gasteiger partial charge in [0.1, 0.15) is 11.3 Å². The molecule has 0 spiro atoms. The second kappa shape index (κ2) is 9.89. The molecule has 7 nitrogen and oxygen atoms in total. The molecule has 0 saturated heterocycles. The van der Waals surface area contributed by atoms with Crippen molar-refractivity contribution in [1.82, 2.24) is 14.6 Å². The summed E-state index contributed by atoms with van der Waals surface area (Å²) in [5.74, 6) is -0.957. The number of carboxylic acids is 1. The molecule has 0 aliphatic heterocycles. The summed E-state index contributed by atoms with van der Waals surface area (Å²) in [6.07, 6.45) is 6.91. The quantitative estimate of drug-likeness (QED) is 0.244. The van der Waals surface area contributed by atoms with Gasteiger partial charge in [0.05, 0.1) is 21.1 Å². The average Bonchev–Trinajstić information content (AvgIpc) is 3.38. The van der Waals surface area contributed by atoms with Crippen LogP contribution in [0.15, 0.2) is 47.1 Å². The fourth-order valence-electron chi connectivity index (χ4n) is 5.24. The molecule has 0 atom stereocenters. The zero-order valence-electron chi connectivity index (χ0n) is 20.9. The molecule has 1 saturated carbocycles. The first-order chi connectivity index (χ1) is 18.0. The number of halogens is 3. The summed E-state index contributed by atoms with van der Waals surface area (Å²) in [6.45, 7) is 1.87. The summed E-state index contributed by atoms with van der Waals surface area (Å²) in [5.41, 5.74) is 2.50. The molecular weight excluding hydrogens is 549 g/mol. The number of carbonyl (C=O) groups is 2. The predicted molar refractivity (Wildman–Crippen MR) is 149 cm³/mol. The summed E-state index contributed by atoms with van der Waals surface area (Å²) >= 11 is 19.3. The summed E-state index contributed by atoms with van der Waals surface area (Å²) in [4.78, 5) is 27.6. The molecule has 1 aliphatic carbocycles. The number of carbonyl (C=O) groups excluding carboxylic acids is 1. The summed E-state index contributed by atoms with van der Waals surface area (Å²) < 4.78 is 7.50. The predicted octanol–water partition coefficient (Wildman–Crippen LogP) is 7.29. The van der Waals surface area contributed by atoms with Crippen LogP contribution in [-0.4, -0.2) is 45.7 Å². The highest BCUT2D eigenvalue weighted by Crippen LogP contribution is 2.49. The van der Waals surface area contributed by atoms with Crippen LogP contribution in [0.25, 0.3) is 28.2 Å². The molecule has 1 aliphatic rings. The number of benzene rings is 2. The van der Waals surface area contributed by atoms with Crippen molar-refractivity contribution in [3.63, 3.8) is 0 Å². The Morgan fingerprint density at radius 1 is 1.16 bits per heavy atom. The van der Waals surface area contributed by atoms with Gasteiger partial charge < -0.3 is 9.63 Å². The number of fused-ring (bicyclic) bond motifs is 1. The Balaban J connectivity index is 1.77. The standard InChI is InChI=1S/C28H24Cl3N3O4/c1-15-14-34(20-7-4-6-16(22(15)20)8-9-21(35)36)27(37)24-25(23-18(30)12-17(29)13-19(23)31)32-38-26(24)28(33(2)3)10-5-11-28/h4,6-9,12-14H,5,10-11H2,1-3H3,(H,35,36)/b9-8+. The Bertz CT molecular complexity index is 1610. The molecular formula is C28H24Cl3N3O4. The Morgan fingerprint density at radius 2 is 1.84 bits per heavy atom. The average molecular weight is 573 g/mol. The van der Waals surface area contributed by atoms with E-state index in [1.54, 1.807) is 29.0 Å². The van der Waals surface area contributed by atoms with Crippen LogP contribution in [0.3, 0.4) is 0 Å². The van der Waals surface area contributed by atoms with Gasteiger partial charge in [0.25, 0.3) is 5.91 Å². The van der Waals surface area contributed by atoms with Crippen molar-refractivity contribution in [3.8, 4) is 11.3 Å². The third-order valence-corrected chi connectivity index (χ3v) is 8.10. The van der Waals surface area contributed by atoms with Gasteiger partial charge in [-0.05, 0) is 75.7 Å². The lowest BCUT2D eigenvalue weighted by molar-refractivity contribution is -0.131. The van der Waals surface area contributed by atoms with Crippen LogP contribution in [-0.2, 0) is 10.3 Å². The lowest BCUT2D eigenvalue weighted by atomic mass is 9.72. The van der Waals surface area contributed by atoms with Gasteiger partial charge in [0.2, 0.25) is 0 Å². The molecule has 196 valence electrons. The largest absolute Gasteiger partial charge is 0.478 e. The summed E-state index contributed by atoms with van der Waals surface area (Å²) in [5, 5.41) is 15.1. The highest BCUT2D eigenvalue weighted by molar-refractivity contribution is 6.42. The number of rotatable bonds is 6. The van der Waals surface area contributed by atoms with Crippen molar-refractivity contribution in [2.75, 3.05) is 14.1 Å². The van der Waals surface area contributed by atoms with E-state index in [0.29, 0.717) is 27.4 Å². The minimum absolute atomic E-state index is 0.242. The fourth-order valence-corrected chi connectivity index (χ4v) is 6.23. The third kappa shape index (κ3) is 4.24. The van der Waals surface area contributed by atoms with Crippen LogP contribution in [0.4, 0.5) is 0 Å². The lowest BCUT2D eigenvalue weighted by Gasteiger charge is -2.45. The van der Waals surface area contributed by atoms with E-state index in [-0.39, 0.29) is 27.2 Å². The van der Waals surface area contributed by atoms with Crippen molar-refractivity contribution < 1.29 is 19.2 Å². The van der Waals surface area contributed by atoms with Crippen LogP contribution < -0.4 is 0 Å². The van der Waals surface area contributed by atoms with Crippen LogP contribution in [0.1, 0.15) is 46.5 Å². The second-order valence-electron chi connectivity index (χ2n) is 9.66. The van der Waals surface area contributed by atoms with Crippen LogP contribution in [0.2, 0.25) is 15.1 Å². The minimum Gasteiger partial charge on any atom is -0.478 e. The van der Waals surface area contributed by atoms with Crippen LogP contribution in [0, 0.1) is 6.92 Å². The van der Waals surface area contributed by atoms with Gasteiger partial charge in [-0.3, -0.25) is 14.3 Å². The highest BCUT2D eigenvalue weighted by Gasteiger charge is 2.48. The van der Waals surface area contributed by atoms with Crippen LogP contribution in [0.5, 0.6) is 0 Å². The minimum atomic E-state index is -1.06. The van der Waals surface area contributed by atoms with E-state index in [9.17, 15) is 9.59 Å². The molecule has 0 amide bonds. The highest BCUT2D eigenvalue weighted by atomic mass is 35.5. The van der Waals surface area contributed by atoms with E-state index >= 15 is 0 Å². The molecule has 5 rings (SSSR count).